The van der Waals surface area contributed by atoms with Crippen LogP contribution in [0.25, 0.3) is 0 Å². The molecule has 0 saturated heterocycles. The van der Waals surface area contributed by atoms with Gasteiger partial charge in [-0.3, -0.25) is 4.79 Å². The Kier molecular flexibility index (Phi) is 4.59. The highest BCUT2D eigenvalue weighted by molar-refractivity contribution is 5.93. The molecule has 0 saturated carbocycles. The number of anilines is 2. The van der Waals surface area contributed by atoms with Crippen LogP contribution in [0.15, 0.2) is 54.6 Å². The smallest absolute Gasteiger partial charge is 0.272 e. The quantitative estimate of drug-likeness (QED) is 0.768. The van der Waals surface area contributed by atoms with Crippen LogP contribution in [-0.2, 0) is 13.0 Å². The lowest BCUT2D eigenvalue weighted by molar-refractivity contribution is 0.0728. The standard InChI is InChI=1S/C22H22N4O/c1-15-6-5-9-19(12-15)24-22-23-16(2)13-20(25-22)21(27)26-11-10-17-7-3-4-8-18(17)14-26/h3-9,12-13H,10-11,14H2,1-2H3,(H,23,24,25). The Morgan fingerprint density at radius 2 is 1.81 bits per heavy atom. The molecule has 0 atom stereocenters. The minimum Gasteiger partial charge on any atom is -0.333 e. The van der Waals surface area contributed by atoms with E-state index in [1.165, 1.54) is 11.1 Å². The van der Waals surface area contributed by atoms with Gasteiger partial charge in [0.2, 0.25) is 5.95 Å². The minimum absolute atomic E-state index is 0.0534. The van der Waals surface area contributed by atoms with E-state index in [-0.39, 0.29) is 5.91 Å². The number of fused-ring (bicyclic) bond motifs is 1. The number of rotatable bonds is 3. The summed E-state index contributed by atoms with van der Waals surface area (Å²) in [5.41, 5.74) is 5.78. The average Bonchev–Trinajstić information content (AvgIpc) is 2.66. The topological polar surface area (TPSA) is 58.1 Å². The van der Waals surface area contributed by atoms with E-state index in [1.54, 1.807) is 6.07 Å². The van der Waals surface area contributed by atoms with Crippen LogP contribution in [0.4, 0.5) is 11.6 Å². The summed E-state index contributed by atoms with van der Waals surface area (Å²) < 4.78 is 0. The van der Waals surface area contributed by atoms with E-state index in [2.05, 4.69) is 27.4 Å². The van der Waals surface area contributed by atoms with Crippen molar-refractivity contribution in [3.63, 3.8) is 0 Å². The minimum atomic E-state index is -0.0534. The molecule has 0 spiro atoms. The summed E-state index contributed by atoms with van der Waals surface area (Å²) in [6.45, 7) is 5.25. The van der Waals surface area contributed by atoms with Crippen LogP contribution in [0.3, 0.4) is 0 Å². The van der Waals surface area contributed by atoms with Crippen LogP contribution in [0.5, 0.6) is 0 Å². The number of aromatic nitrogens is 2. The third-order valence-electron chi connectivity index (χ3n) is 4.77. The van der Waals surface area contributed by atoms with Gasteiger partial charge >= 0.3 is 0 Å². The molecule has 5 heteroatoms. The number of hydrogen-bond acceptors (Lipinski definition) is 4. The molecular formula is C22H22N4O. The van der Waals surface area contributed by atoms with Crippen LogP contribution in [0.2, 0.25) is 0 Å². The number of aryl methyl sites for hydroxylation is 2. The molecule has 2 heterocycles. The second kappa shape index (κ2) is 7.19. The average molecular weight is 358 g/mol. The van der Waals surface area contributed by atoms with E-state index in [0.717, 1.165) is 23.4 Å². The summed E-state index contributed by atoms with van der Waals surface area (Å²) in [5, 5.41) is 3.21. The van der Waals surface area contributed by atoms with Crippen LogP contribution in [0.1, 0.15) is 32.9 Å². The molecule has 4 rings (SSSR count). The number of amides is 1. The van der Waals surface area contributed by atoms with Gasteiger partial charge in [-0.05, 0) is 55.2 Å². The third-order valence-corrected chi connectivity index (χ3v) is 4.77. The lowest BCUT2D eigenvalue weighted by Gasteiger charge is -2.28. The van der Waals surface area contributed by atoms with Crippen molar-refractivity contribution in [1.29, 1.82) is 0 Å². The number of carbonyl (C=O) groups is 1. The lowest BCUT2D eigenvalue weighted by atomic mass is 10.00. The number of nitrogens with zero attached hydrogens (tertiary/aromatic N) is 3. The molecule has 2 aromatic carbocycles. The zero-order valence-electron chi connectivity index (χ0n) is 15.6. The molecular weight excluding hydrogens is 336 g/mol. The molecule has 0 unspecified atom stereocenters. The summed E-state index contributed by atoms with van der Waals surface area (Å²) in [6, 6.07) is 18.0. The van der Waals surface area contributed by atoms with Gasteiger partial charge in [-0.15, -0.1) is 0 Å². The molecule has 0 fully saturated rings. The van der Waals surface area contributed by atoms with Crippen molar-refractivity contribution in [2.45, 2.75) is 26.8 Å². The molecule has 136 valence electrons. The Labute approximate surface area is 159 Å². The van der Waals surface area contributed by atoms with Crippen molar-refractivity contribution in [2.75, 3.05) is 11.9 Å². The SMILES string of the molecule is Cc1cccc(Nc2nc(C)cc(C(=O)N3CCc4ccccc4C3)n2)c1. The maximum atomic E-state index is 13.0. The van der Waals surface area contributed by atoms with Crippen LogP contribution < -0.4 is 5.32 Å². The van der Waals surface area contributed by atoms with Crippen LogP contribution in [-0.4, -0.2) is 27.3 Å². The monoisotopic (exact) mass is 358 g/mol. The molecule has 3 aromatic rings. The third kappa shape index (κ3) is 3.82. The van der Waals surface area contributed by atoms with Crippen molar-refractivity contribution >= 4 is 17.5 Å². The van der Waals surface area contributed by atoms with E-state index in [9.17, 15) is 4.79 Å². The van der Waals surface area contributed by atoms with Gasteiger partial charge in [0.15, 0.2) is 0 Å². The fourth-order valence-corrected chi connectivity index (χ4v) is 3.42. The van der Waals surface area contributed by atoms with Crippen LogP contribution in [0, 0.1) is 13.8 Å². The lowest BCUT2D eigenvalue weighted by Crippen LogP contribution is -2.36. The maximum absolute atomic E-state index is 13.0. The molecule has 1 N–H and O–H groups in total. The van der Waals surface area contributed by atoms with Crippen molar-refractivity contribution in [2.24, 2.45) is 0 Å². The van der Waals surface area contributed by atoms with Gasteiger partial charge in [0.05, 0.1) is 0 Å². The van der Waals surface area contributed by atoms with Crippen LogP contribution >= 0.6 is 0 Å². The predicted octanol–water partition coefficient (Wildman–Crippen LogP) is 4.04. The van der Waals surface area contributed by atoms with Gasteiger partial charge in [-0.2, -0.15) is 0 Å². The number of carbonyl (C=O) groups excluding carboxylic acids is 1. The molecule has 1 aromatic heterocycles. The van der Waals surface area contributed by atoms with E-state index in [1.807, 2.05) is 55.1 Å². The van der Waals surface area contributed by atoms with Gasteiger partial charge < -0.3 is 10.2 Å². The van der Waals surface area contributed by atoms with Gasteiger partial charge in [-0.25, -0.2) is 9.97 Å². The first kappa shape index (κ1) is 17.2. The first-order valence-corrected chi connectivity index (χ1v) is 9.14. The fraction of sp³-hybridized carbons (Fsp3) is 0.227. The summed E-state index contributed by atoms with van der Waals surface area (Å²) in [6.07, 6.45) is 0.875. The molecule has 1 aliphatic heterocycles. The van der Waals surface area contributed by atoms with Gasteiger partial charge in [-0.1, -0.05) is 36.4 Å². The van der Waals surface area contributed by atoms with Crippen molar-refractivity contribution in [1.82, 2.24) is 14.9 Å². The highest BCUT2D eigenvalue weighted by Gasteiger charge is 2.23. The Balaban J connectivity index is 1.57. The Hall–Kier alpha value is -3.21. The molecule has 0 bridgehead atoms. The molecule has 0 aliphatic carbocycles. The highest BCUT2D eigenvalue weighted by Crippen LogP contribution is 2.21. The first-order chi connectivity index (χ1) is 13.1. The number of benzene rings is 2. The Morgan fingerprint density at radius 1 is 1.00 bits per heavy atom. The molecule has 5 nitrogen and oxygen atoms in total. The second-order valence-corrected chi connectivity index (χ2v) is 6.96. The largest absolute Gasteiger partial charge is 0.333 e. The summed E-state index contributed by atoms with van der Waals surface area (Å²) in [4.78, 5) is 23.8. The number of nitrogens with one attached hydrogen (secondary N) is 1. The predicted molar refractivity (Wildman–Crippen MR) is 106 cm³/mol. The number of hydrogen-bond donors (Lipinski definition) is 1. The maximum Gasteiger partial charge on any atom is 0.272 e. The van der Waals surface area contributed by atoms with Gasteiger partial charge in [0.1, 0.15) is 5.69 Å². The Bertz CT molecular complexity index is 999. The first-order valence-electron chi connectivity index (χ1n) is 9.14. The van der Waals surface area contributed by atoms with Crippen molar-refractivity contribution < 1.29 is 4.79 Å². The molecule has 1 amide bonds. The zero-order valence-corrected chi connectivity index (χ0v) is 15.6. The van der Waals surface area contributed by atoms with E-state index >= 15 is 0 Å². The Morgan fingerprint density at radius 3 is 2.63 bits per heavy atom. The zero-order chi connectivity index (χ0) is 18.8. The van der Waals surface area contributed by atoms with E-state index in [0.29, 0.717) is 24.7 Å². The van der Waals surface area contributed by atoms with E-state index < -0.39 is 0 Å². The van der Waals surface area contributed by atoms with Gasteiger partial charge in [0.25, 0.3) is 5.91 Å². The highest BCUT2D eigenvalue weighted by atomic mass is 16.2. The molecule has 1 aliphatic rings. The van der Waals surface area contributed by atoms with E-state index in [4.69, 9.17) is 0 Å². The second-order valence-electron chi connectivity index (χ2n) is 6.96. The normalized spacial score (nSPS) is 13.2. The fourth-order valence-electron chi connectivity index (χ4n) is 3.42. The van der Waals surface area contributed by atoms with Gasteiger partial charge in [0, 0.05) is 24.5 Å². The summed E-state index contributed by atoms with van der Waals surface area (Å²) in [7, 11) is 0. The molecule has 27 heavy (non-hydrogen) atoms. The summed E-state index contributed by atoms with van der Waals surface area (Å²) in [5.74, 6) is 0.392. The van der Waals surface area contributed by atoms with Crippen molar-refractivity contribution in [3.05, 3.63) is 82.7 Å². The van der Waals surface area contributed by atoms with Crippen molar-refractivity contribution in [3.8, 4) is 0 Å². The summed E-state index contributed by atoms with van der Waals surface area (Å²) >= 11 is 0. The molecule has 0 radical (unpaired) electrons.